The number of carbonyl (C=O) groups is 1. The first-order valence-corrected chi connectivity index (χ1v) is 9.72. The van der Waals surface area contributed by atoms with Crippen molar-refractivity contribution in [3.63, 3.8) is 0 Å². The van der Waals surface area contributed by atoms with E-state index in [-0.39, 0.29) is 38.6 Å². The van der Waals surface area contributed by atoms with E-state index in [2.05, 4.69) is 26.1 Å². The zero-order chi connectivity index (χ0) is 14.5. The number of carbonyl (C=O) groups excluding carboxylic acids is 1. The molecular formula is C16H27NOPY+. The van der Waals surface area contributed by atoms with Gasteiger partial charge < -0.3 is 5.32 Å². The molecule has 0 saturated heterocycles. The van der Waals surface area contributed by atoms with Crippen molar-refractivity contribution in [2.45, 2.75) is 34.6 Å². The average molecular weight is 369 g/mol. The molecule has 1 radical (unpaired) electrons. The smallest absolute Gasteiger partial charge is 0.261 e. The standard InChI is InChI=1S/C16H26NOP.Y/c1-6-19(7-2,8-3)12-15(18)17-16-13(4)10-9-11-14(16)5;/h9-11H,6-8,12H2,1-5H3;/p+1. The number of hydrogen-bond donors (Lipinski definition) is 1. The van der Waals surface area contributed by atoms with Gasteiger partial charge >= 0.3 is 0 Å². The normalized spacial score (nSPS) is 10.8. The fourth-order valence-corrected chi connectivity index (χ4v) is 5.20. The van der Waals surface area contributed by atoms with Gasteiger partial charge in [0, 0.05) is 45.7 Å². The minimum atomic E-state index is -1.07. The van der Waals surface area contributed by atoms with E-state index < -0.39 is 7.26 Å². The average Bonchev–Trinajstić information content (AvgIpc) is 2.41. The summed E-state index contributed by atoms with van der Waals surface area (Å²) in [5, 5.41) is 3.13. The Morgan fingerprint density at radius 3 is 1.90 bits per heavy atom. The molecule has 0 aromatic heterocycles. The number of benzene rings is 1. The Labute approximate surface area is 149 Å². The van der Waals surface area contributed by atoms with Crippen LogP contribution in [-0.2, 0) is 37.5 Å². The summed E-state index contributed by atoms with van der Waals surface area (Å²) < 4.78 is 0. The quantitative estimate of drug-likeness (QED) is 0.744. The van der Waals surface area contributed by atoms with E-state index in [4.69, 9.17) is 0 Å². The minimum Gasteiger partial charge on any atom is -0.322 e. The van der Waals surface area contributed by atoms with Crippen molar-refractivity contribution in [3.8, 4) is 0 Å². The van der Waals surface area contributed by atoms with E-state index >= 15 is 0 Å². The summed E-state index contributed by atoms with van der Waals surface area (Å²) in [7, 11) is -1.07. The molecular weight excluding hydrogens is 342 g/mol. The third kappa shape index (κ3) is 5.21. The van der Waals surface area contributed by atoms with Gasteiger partial charge in [0.15, 0.2) is 0 Å². The molecule has 0 atom stereocenters. The van der Waals surface area contributed by atoms with Gasteiger partial charge in [0.25, 0.3) is 5.91 Å². The first-order chi connectivity index (χ1) is 8.98. The van der Waals surface area contributed by atoms with Gasteiger partial charge in [0.2, 0.25) is 0 Å². The Hall–Kier alpha value is 0.224. The van der Waals surface area contributed by atoms with E-state index in [9.17, 15) is 4.79 Å². The van der Waals surface area contributed by atoms with E-state index in [1.807, 2.05) is 32.0 Å². The van der Waals surface area contributed by atoms with Gasteiger partial charge in [-0.2, -0.15) is 0 Å². The summed E-state index contributed by atoms with van der Waals surface area (Å²) in [5.74, 6) is 0.191. The Balaban J connectivity index is 0.00000361. The number of aryl methyl sites for hydroxylation is 2. The van der Waals surface area contributed by atoms with Gasteiger partial charge in [-0.3, -0.25) is 4.79 Å². The van der Waals surface area contributed by atoms with Gasteiger partial charge in [-0.05, 0) is 45.7 Å². The number of para-hydroxylation sites is 1. The van der Waals surface area contributed by atoms with Crippen molar-refractivity contribution < 1.29 is 37.5 Å². The third-order valence-electron chi connectivity index (χ3n) is 4.24. The Bertz CT molecular complexity index is 416. The van der Waals surface area contributed by atoms with Crippen LogP contribution in [0.1, 0.15) is 31.9 Å². The summed E-state index contributed by atoms with van der Waals surface area (Å²) in [6.07, 6.45) is 4.23. The van der Waals surface area contributed by atoms with Crippen molar-refractivity contribution >= 4 is 18.9 Å². The maximum atomic E-state index is 12.3. The molecule has 20 heavy (non-hydrogen) atoms. The molecule has 1 N–H and O–H groups in total. The van der Waals surface area contributed by atoms with Crippen LogP contribution in [-0.4, -0.2) is 30.6 Å². The maximum Gasteiger partial charge on any atom is 0.261 e. The first-order valence-electron chi connectivity index (χ1n) is 7.19. The predicted molar refractivity (Wildman–Crippen MR) is 88.0 cm³/mol. The number of rotatable bonds is 6. The molecule has 0 bridgehead atoms. The van der Waals surface area contributed by atoms with Crippen LogP contribution in [0, 0.1) is 13.8 Å². The van der Waals surface area contributed by atoms with Crippen molar-refractivity contribution in [2.75, 3.05) is 30.0 Å². The summed E-state index contributed by atoms with van der Waals surface area (Å²) in [6, 6.07) is 6.12. The van der Waals surface area contributed by atoms with Crippen LogP contribution in [0.2, 0.25) is 0 Å². The molecule has 0 unspecified atom stereocenters. The molecule has 0 spiro atoms. The second-order valence-corrected chi connectivity index (χ2v) is 10.2. The molecule has 0 aliphatic carbocycles. The first kappa shape index (κ1) is 20.2. The second-order valence-electron chi connectivity index (χ2n) is 5.26. The molecule has 0 aliphatic rings. The van der Waals surface area contributed by atoms with Gasteiger partial charge in [0.05, 0.1) is 18.5 Å². The molecule has 1 rings (SSSR count). The van der Waals surface area contributed by atoms with Crippen LogP contribution in [0.15, 0.2) is 18.2 Å². The van der Waals surface area contributed by atoms with Crippen LogP contribution >= 0.6 is 7.26 Å². The van der Waals surface area contributed by atoms with E-state index in [0.717, 1.165) is 23.0 Å². The molecule has 2 nitrogen and oxygen atoms in total. The fraction of sp³-hybridized carbons (Fsp3) is 0.562. The Kier molecular flexibility index (Phi) is 9.39. The SMILES string of the molecule is CC[P+](CC)(CC)CC(=O)Nc1c(C)cccc1C.[Y]. The molecule has 1 aromatic rings. The van der Waals surface area contributed by atoms with Crippen molar-refractivity contribution in [3.05, 3.63) is 29.3 Å². The summed E-state index contributed by atoms with van der Waals surface area (Å²) in [5.41, 5.74) is 3.28. The maximum absolute atomic E-state index is 12.3. The molecule has 0 heterocycles. The fourth-order valence-electron chi connectivity index (χ4n) is 2.50. The molecule has 1 aromatic carbocycles. The Morgan fingerprint density at radius 2 is 1.50 bits per heavy atom. The second kappa shape index (κ2) is 9.28. The van der Waals surface area contributed by atoms with Gasteiger partial charge in [-0.25, -0.2) is 0 Å². The van der Waals surface area contributed by atoms with E-state index in [0.29, 0.717) is 0 Å². The number of nitrogens with one attached hydrogen (secondary N) is 1. The van der Waals surface area contributed by atoms with Crippen LogP contribution in [0.3, 0.4) is 0 Å². The summed E-state index contributed by atoms with van der Waals surface area (Å²) >= 11 is 0. The molecule has 0 aliphatic heterocycles. The van der Waals surface area contributed by atoms with Crippen LogP contribution in [0.25, 0.3) is 0 Å². The molecule has 4 heteroatoms. The predicted octanol–water partition coefficient (Wildman–Crippen LogP) is 4.32. The van der Waals surface area contributed by atoms with Crippen LogP contribution in [0.5, 0.6) is 0 Å². The van der Waals surface area contributed by atoms with Crippen molar-refractivity contribution in [2.24, 2.45) is 0 Å². The number of hydrogen-bond acceptors (Lipinski definition) is 1. The number of anilines is 1. The third-order valence-corrected chi connectivity index (χ3v) is 9.22. The zero-order valence-electron chi connectivity index (χ0n) is 13.5. The van der Waals surface area contributed by atoms with Crippen LogP contribution < -0.4 is 5.32 Å². The minimum absolute atomic E-state index is 0. The van der Waals surface area contributed by atoms with E-state index in [1.165, 1.54) is 18.5 Å². The van der Waals surface area contributed by atoms with Crippen molar-refractivity contribution in [1.29, 1.82) is 0 Å². The van der Waals surface area contributed by atoms with Crippen molar-refractivity contribution in [1.82, 2.24) is 0 Å². The van der Waals surface area contributed by atoms with Gasteiger partial charge in [-0.15, -0.1) is 0 Å². The Morgan fingerprint density at radius 1 is 1.05 bits per heavy atom. The summed E-state index contributed by atoms with van der Waals surface area (Å²) in [6.45, 7) is 10.8. The topological polar surface area (TPSA) is 29.1 Å². The molecule has 0 fully saturated rings. The van der Waals surface area contributed by atoms with Gasteiger partial charge in [-0.1, -0.05) is 18.2 Å². The number of amides is 1. The largest absolute Gasteiger partial charge is 0.322 e. The van der Waals surface area contributed by atoms with Crippen LogP contribution in [0.4, 0.5) is 5.69 Å². The monoisotopic (exact) mass is 369 g/mol. The molecule has 1 amide bonds. The van der Waals surface area contributed by atoms with Gasteiger partial charge in [0.1, 0.15) is 6.16 Å². The zero-order valence-corrected chi connectivity index (χ0v) is 17.2. The molecule has 109 valence electrons. The molecule has 0 saturated carbocycles. The summed E-state index contributed by atoms with van der Waals surface area (Å²) in [4.78, 5) is 12.3. The van der Waals surface area contributed by atoms with E-state index in [1.54, 1.807) is 0 Å².